The molecular formula is C14H27N3O2. The number of carbonyl (C=O) groups is 2. The van der Waals surface area contributed by atoms with Gasteiger partial charge in [-0.3, -0.25) is 9.59 Å². The molecule has 2 amide bonds. The molecule has 0 bridgehead atoms. The van der Waals surface area contributed by atoms with Crippen LogP contribution in [0.3, 0.4) is 0 Å². The lowest BCUT2D eigenvalue weighted by molar-refractivity contribution is -0.133. The Morgan fingerprint density at radius 1 is 1.32 bits per heavy atom. The summed E-state index contributed by atoms with van der Waals surface area (Å²) < 4.78 is 0. The fourth-order valence-electron chi connectivity index (χ4n) is 2.26. The minimum Gasteiger partial charge on any atom is -0.356 e. The average molecular weight is 269 g/mol. The van der Waals surface area contributed by atoms with Crippen molar-refractivity contribution in [3.8, 4) is 0 Å². The molecule has 5 nitrogen and oxygen atoms in total. The molecule has 5 heteroatoms. The van der Waals surface area contributed by atoms with Gasteiger partial charge in [0.2, 0.25) is 11.8 Å². The second-order valence-electron chi connectivity index (χ2n) is 6.25. The largest absolute Gasteiger partial charge is 0.356 e. The van der Waals surface area contributed by atoms with Crippen LogP contribution in [-0.4, -0.2) is 41.9 Å². The van der Waals surface area contributed by atoms with Crippen molar-refractivity contribution in [2.24, 2.45) is 11.7 Å². The topological polar surface area (TPSA) is 75.4 Å². The molecule has 3 N–H and O–H groups in total. The van der Waals surface area contributed by atoms with Crippen molar-refractivity contribution in [1.29, 1.82) is 0 Å². The molecule has 0 unspecified atom stereocenters. The van der Waals surface area contributed by atoms with E-state index in [1.807, 2.05) is 18.7 Å². The van der Waals surface area contributed by atoms with E-state index < -0.39 is 0 Å². The summed E-state index contributed by atoms with van der Waals surface area (Å²) in [5, 5.41) is 2.85. The average Bonchev–Trinajstić information content (AvgIpc) is 2.33. The first-order chi connectivity index (χ1) is 8.78. The second kappa shape index (κ2) is 6.89. The van der Waals surface area contributed by atoms with Crippen LogP contribution >= 0.6 is 0 Å². The Balaban J connectivity index is 2.25. The third kappa shape index (κ3) is 6.57. The van der Waals surface area contributed by atoms with Crippen molar-refractivity contribution < 1.29 is 9.59 Å². The zero-order valence-electron chi connectivity index (χ0n) is 12.4. The van der Waals surface area contributed by atoms with Crippen molar-refractivity contribution in [3.05, 3.63) is 0 Å². The first-order valence-corrected chi connectivity index (χ1v) is 7.09. The number of nitrogens with zero attached hydrogens (tertiary/aromatic N) is 1. The third-order valence-electron chi connectivity index (χ3n) is 3.59. The highest BCUT2D eigenvalue weighted by Crippen LogP contribution is 2.18. The Kier molecular flexibility index (Phi) is 5.79. The van der Waals surface area contributed by atoms with Crippen molar-refractivity contribution in [3.63, 3.8) is 0 Å². The van der Waals surface area contributed by atoms with E-state index in [-0.39, 0.29) is 17.4 Å². The van der Waals surface area contributed by atoms with E-state index in [0.717, 1.165) is 38.9 Å². The molecule has 0 aromatic rings. The lowest BCUT2D eigenvalue weighted by atomic mass is 9.95. The van der Waals surface area contributed by atoms with Gasteiger partial charge in [0, 0.05) is 38.5 Å². The number of likely N-dealkylation sites (tertiary alicyclic amines) is 1. The lowest BCUT2D eigenvalue weighted by Gasteiger charge is -2.32. The molecule has 0 aliphatic carbocycles. The standard InChI is InChI=1S/C14H27N3O2/c1-11(18)16-10-12-5-8-17(9-6-12)13(19)4-7-14(2,3)15/h12H,4-10,15H2,1-3H3,(H,16,18). The highest BCUT2D eigenvalue weighted by atomic mass is 16.2. The van der Waals surface area contributed by atoms with Crippen LogP contribution in [0.1, 0.15) is 46.5 Å². The minimum absolute atomic E-state index is 0.0173. The summed E-state index contributed by atoms with van der Waals surface area (Å²) in [6, 6.07) is 0. The lowest BCUT2D eigenvalue weighted by Crippen LogP contribution is -2.42. The van der Waals surface area contributed by atoms with E-state index in [4.69, 9.17) is 5.73 Å². The summed E-state index contributed by atoms with van der Waals surface area (Å²) in [6.45, 7) is 7.75. The van der Waals surface area contributed by atoms with E-state index in [1.165, 1.54) is 6.92 Å². The molecule has 19 heavy (non-hydrogen) atoms. The molecule has 1 heterocycles. The van der Waals surface area contributed by atoms with Crippen LogP contribution in [0.15, 0.2) is 0 Å². The van der Waals surface area contributed by atoms with Crippen LogP contribution in [0.5, 0.6) is 0 Å². The summed E-state index contributed by atoms with van der Waals surface area (Å²) in [4.78, 5) is 24.8. The molecule has 0 atom stereocenters. The second-order valence-corrected chi connectivity index (χ2v) is 6.25. The first-order valence-electron chi connectivity index (χ1n) is 7.09. The molecule has 1 aliphatic heterocycles. The van der Waals surface area contributed by atoms with Gasteiger partial charge < -0.3 is 16.0 Å². The van der Waals surface area contributed by atoms with E-state index in [9.17, 15) is 9.59 Å². The fourth-order valence-corrected chi connectivity index (χ4v) is 2.26. The SMILES string of the molecule is CC(=O)NCC1CCN(C(=O)CCC(C)(C)N)CC1. The zero-order valence-corrected chi connectivity index (χ0v) is 12.4. The van der Waals surface area contributed by atoms with Crippen molar-refractivity contribution in [2.75, 3.05) is 19.6 Å². The number of piperidine rings is 1. The Morgan fingerprint density at radius 2 is 1.89 bits per heavy atom. The quantitative estimate of drug-likeness (QED) is 0.778. The van der Waals surface area contributed by atoms with Gasteiger partial charge in [0.1, 0.15) is 0 Å². The maximum absolute atomic E-state index is 12.0. The Bertz CT molecular complexity index is 315. The Hall–Kier alpha value is -1.10. The predicted octanol–water partition coefficient (Wildman–Crippen LogP) is 0.879. The molecule has 0 saturated carbocycles. The number of hydrogen-bond donors (Lipinski definition) is 2. The smallest absolute Gasteiger partial charge is 0.222 e. The van der Waals surface area contributed by atoms with Gasteiger partial charge >= 0.3 is 0 Å². The summed E-state index contributed by atoms with van der Waals surface area (Å²) >= 11 is 0. The number of rotatable bonds is 5. The van der Waals surface area contributed by atoms with Crippen LogP contribution in [0.4, 0.5) is 0 Å². The molecule has 1 aliphatic rings. The van der Waals surface area contributed by atoms with Crippen LogP contribution < -0.4 is 11.1 Å². The van der Waals surface area contributed by atoms with Crippen LogP contribution in [0.25, 0.3) is 0 Å². The van der Waals surface area contributed by atoms with Gasteiger partial charge in [0.15, 0.2) is 0 Å². The highest BCUT2D eigenvalue weighted by Gasteiger charge is 2.23. The number of amides is 2. The molecule has 110 valence electrons. The molecular weight excluding hydrogens is 242 g/mol. The Morgan fingerprint density at radius 3 is 2.37 bits per heavy atom. The van der Waals surface area contributed by atoms with Gasteiger partial charge in [0.05, 0.1) is 0 Å². The molecule has 0 aromatic heterocycles. The summed E-state index contributed by atoms with van der Waals surface area (Å²) in [6.07, 6.45) is 3.19. The van der Waals surface area contributed by atoms with Gasteiger partial charge in [-0.2, -0.15) is 0 Å². The normalized spacial score (nSPS) is 17.4. The van der Waals surface area contributed by atoms with Crippen LogP contribution in [0, 0.1) is 5.92 Å². The molecule has 0 radical (unpaired) electrons. The number of carbonyl (C=O) groups excluding carboxylic acids is 2. The van der Waals surface area contributed by atoms with Crippen molar-refractivity contribution in [1.82, 2.24) is 10.2 Å². The number of nitrogens with one attached hydrogen (secondary N) is 1. The van der Waals surface area contributed by atoms with Crippen molar-refractivity contribution >= 4 is 11.8 Å². The predicted molar refractivity (Wildman–Crippen MR) is 75.5 cm³/mol. The van der Waals surface area contributed by atoms with Crippen LogP contribution in [0.2, 0.25) is 0 Å². The summed E-state index contributed by atoms with van der Waals surface area (Å²) in [5.74, 6) is 0.721. The fraction of sp³-hybridized carbons (Fsp3) is 0.857. The van der Waals surface area contributed by atoms with Gasteiger partial charge in [-0.25, -0.2) is 0 Å². The molecule has 0 spiro atoms. The van der Waals surface area contributed by atoms with Gasteiger partial charge in [-0.05, 0) is 39.0 Å². The van der Waals surface area contributed by atoms with Crippen molar-refractivity contribution in [2.45, 2.75) is 52.0 Å². The van der Waals surface area contributed by atoms with E-state index in [0.29, 0.717) is 12.3 Å². The van der Waals surface area contributed by atoms with Crippen LogP contribution in [-0.2, 0) is 9.59 Å². The summed E-state index contributed by atoms with van der Waals surface area (Å²) in [5.41, 5.74) is 5.61. The minimum atomic E-state index is -0.278. The highest BCUT2D eigenvalue weighted by molar-refractivity contribution is 5.76. The van der Waals surface area contributed by atoms with E-state index >= 15 is 0 Å². The van der Waals surface area contributed by atoms with Gasteiger partial charge in [0.25, 0.3) is 0 Å². The molecule has 1 saturated heterocycles. The van der Waals surface area contributed by atoms with E-state index in [1.54, 1.807) is 0 Å². The zero-order chi connectivity index (χ0) is 14.5. The first kappa shape index (κ1) is 16.0. The number of nitrogens with two attached hydrogens (primary N) is 1. The van der Waals surface area contributed by atoms with Gasteiger partial charge in [-0.1, -0.05) is 0 Å². The molecule has 0 aromatic carbocycles. The monoisotopic (exact) mass is 269 g/mol. The maximum Gasteiger partial charge on any atom is 0.222 e. The molecule has 1 fully saturated rings. The molecule has 1 rings (SSSR count). The van der Waals surface area contributed by atoms with E-state index in [2.05, 4.69) is 5.32 Å². The Labute approximate surface area is 115 Å². The third-order valence-corrected chi connectivity index (χ3v) is 3.59. The summed E-state index contributed by atoms with van der Waals surface area (Å²) in [7, 11) is 0. The van der Waals surface area contributed by atoms with Gasteiger partial charge in [-0.15, -0.1) is 0 Å². The maximum atomic E-state index is 12.0. The number of hydrogen-bond acceptors (Lipinski definition) is 3.